The first kappa shape index (κ1) is 8.05. The molecule has 2 atom stereocenters. The predicted octanol–water partition coefficient (Wildman–Crippen LogP) is 0.870. The van der Waals surface area contributed by atoms with E-state index in [0.29, 0.717) is 12.5 Å². The van der Waals surface area contributed by atoms with Gasteiger partial charge in [0.2, 0.25) is 5.91 Å². The van der Waals surface area contributed by atoms with Crippen molar-refractivity contribution in [1.29, 1.82) is 0 Å². The van der Waals surface area contributed by atoms with E-state index in [1.807, 2.05) is 0 Å². The lowest BCUT2D eigenvalue weighted by atomic mass is 9.92. The molecule has 3 heteroatoms. The molecule has 3 nitrogen and oxygen atoms in total. The van der Waals surface area contributed by atoms with Gasteiger partial charge in [-0.2, -0.15) is 0 Å². The maximum Gasteiger partial charge on any atom is 0.224 e. The second-order valence-electron chi connectivity index (χ2n) is 3.76. The maximum absolute atomic E-state index is 11.4. The number of amides is 1. The fourth-order valence-electron chi connectivity index (χ4n) is 2.33. The van der Waals surface area contributed by atoms with Gasteiger partial charge in [0, 0.05) is 12.5 Å². The van der Waals surface area contributed by atoms with Crippen molar-refractivity contribution >= 4 is 5.91 Å². The van der Waals surface area contributed by atoms with Crippen molar-refractivity contribution in [2.75, 3.05) is 0 Å². The van der Waals surface area contributed by atoms with Crippen LogP contribution >= 0.6 is 0 Å². The number of aliphatic hydroxyl groups excluding tert-OH is 1. The van der Waals surface area contributed by atoms with E-state index in [4.69, 9.17) is 0 Å². The number of carbonyl (C=O) groups excluding carboxylic acids is 1. The molecule has 0 aromatic carbocycles. The van der Waals surface area contributed by atoms with Crippen LogP contribution in [0.4, 0.5) is 0 Å². The summed E-state index contributed by atoms with van der Waals surface area (Å²) in [6.07, 6.45) is 5.15. The van der Waals surface area contributed by atoms with Gasteiger partial charge in [-0.05, 0) is 32.1 Å². The summed E-state index contributed by atoms with van der Waals surface area (Å²) < 4.78 is 0. The Morgan fingerprint density at radius 2 is 2.00 bits per heavy atom. The third-order valence-corrected chi connectivity index (χ3v) is 2.93. The molecule has 2 saturated heterocycles. The zero-order valence-electron chi connectivity index (χ0n) is 7.20. The van der Waals surface area contributed by atoms with Crippen LogP contribution in [0.25, 0.3) is 0 Å². The summed E-state index contributed by atoms with van der Waals surface area (Å²) in [7, 11) is 0. The van der Waals surface area contributed by atoms with Gasteiger partial charge in [0.1, 0.15) is 6.23 Å². The van der Waals surface area contributed by atoms with Crippen LogP contribution < -0.4 is 0 Å². The van der Waals surface area contributed by atoms with Crippen LogP contribution in [-0.2, 0) is 4.79 Å². The molecule has 2 aliphatic heterocycles. The highest BCUT2D eigenvalue weighted by Gasteiger charge is 2.35. The van der Waals surface area contributed by atoms with E-state index in [0.717, 1.165) is 32.1 Å². The lowest BCUT2D eigenvalue weighted by Gasteiger charge is -2.42. The summed E-state index contributed by atoms with van der Waals surface area (Å²) in [4.78, 5) is 13.1. The summed E-state index contributed by atoms with van der Waals surface area (Å²) >= 11 is 0. The monoisotopic (exact) mass is 169 g/mol. The van der Waals surface area contributed by atoms with Crippen molar-refractivity contribution in [3.63, 3.8) is 0 Å². The van der Waals surface area contributed by atoms with Crippen molar-refractivity contribution < 1.29 is 9.90 Å². The highest BCUT2D eigenvalue weighted by Crippen LogP contribution is 2.29. The van der Waals surface area contributed by atoms with Crippen molar-refractivity contribution in [2.45, 2.75) is 50.8 Å². The molecule has 2 aliphatic rings. The SMILES string of the molecule is O=C1CCCC2CCCC(O)N12. The number of hydrogen-bond donors (Lipinski definition) is 1. The summed E-state index contributed by atoms with van der Waals surface area (Å²) in [5.41, 5.74) is 0. The first-order valence-electron chi connectivity index (χ1n) is 4.78. The highest BCUT2D eigenvalue weighted by atomic mass is 16.3. The third kappa shape index (κ3) is 1.22. The van der Waals surface area contributed by atoms with Gasteiger partial charge in [0.25, 0.3) is 0 Å². The number of piperidine rings is 2. The first-order chi connectivity index (χ1) is 5.79. The minimum atomic E-state index is -0.489. The second kappa shape index (κ2) is 3.05. The number of fused-ring (bicyclic) bond motifs is 1. The number of rotatable bonds is 0. The van der Waals surface area contributed by atoms with Crippen LogP contribution in [-0.4, -0.2) is 28.2 Å². The molecular weight excluding hydrogens is 154 g/mol. The average molecular weight is 169 g/mol. The largest absolute Gasteiger partial charge is 0.374 e. The Labute approximate surface area is 72.4 Å². The summed E-state index contributed by atoms with van der Waals surface area (Å²) in [6, 6.07) is 0.343. The Hall–Kier alpha value is -0.570. The normalized spacial score (nSPS) is 36.4. The van der Waals surface area contributed by atoms with E-state index in [9.17, 15) is 9.90 Å². The first-order valence-corrected chi connectivity index (χ1v) is 4.78. The molecule has 0 aliphatic carbocycles. The van der Waals surface area contributed by atoms with E-state index in [1.54, 1.807) is 4.90 Å². The van der Waals surface area contributed by atoms with Crippen LogP contribution in [0, 0.1) is 0 Å². The molecule has 0 aromatic rings. The molecule has 0 spiro atoms. The number of carbonyl (C=O) groups is 1. The molecule has 2 fully saturated rings. The van der Waals surface area contributed by atoms with E-state index in [2.05, 4.69) is 0 Å². The number of hydrogen-bond acceptors (Lipinski definition) is 2. The van der Waals surface area contributed by atoms with Crippen molar-refractivity contribution in [1.82, 2.24) is 4.90 Å². The summed E-state index contributed by atoms with van der Waals surface area (Å²) in [5.74, 6) is 0.151. The molecule has 12 heavy (non-hydrogen) atoms. The number of aliphatic hydroxyl groups is 1. The van der Waals surface area contributed by atoms with Crippen molar-refractivity contribution in [3.05, 3.63) is 0 Å². The van der Waals surface area contributed by atoms with Gasteiger partial charge in [0.05, 0.1) is 0 Å². The molecule has 68 valence electrons. The molecular formula is C9H15NO2. The second-order valence-corrected chi connectivity index (χ2v) is 3.76. The lowest BCUT2D eigenvalue weighted by Crippen LogP contribution is -2.52. The van der Waals surface area contributed by atoms with Gasteiger partial charge in [-0.15, -0.1) is 0 Å². The molecule has 2 unspecified atom stereocenters. The molecule has 0 radical (unpaired) electrons. The van der Waals surface area contributed by atoms with Crippen LogP contribution in [0.15, 0.2) is 0 Å². The quantitative estimate of drug-likeness (QED) is 0.584. The van der Waals surface area contributed by atoms with Crippen LogP contribution in [0.5, 0.6) is 0 Å². The van der Waals surface area contributed by atoms with Gasteiger partial charge in [-0.3, -0.25) is 4.79 Å². The summed E-state index contributed by atoms with van der Waals surface area (Å²) in [5, 5.41) is 9.58. The third-order valence-electron chi connectivity index (χ3n) is 2.93. The zero-order chi connectivity index (χ0) is 8.55. The standard InChI is InChI=1S/C9H15NO2/c11-8-5-1-3-7-4-2-6-9(12)10(7)8/h7-8,11H,1-6H2. The molecule has 0 bridgehead atoms. The van der Waals surface area contributed by atoms with E-state index >= 15 is 0 Å². The van der Waals surface area contributed by atoms with Gasteiger partial charge >= 0.3 is 0 Å². The molecule has 1 N–H and O–H groups in total. The Morgan fingerprint density at radius 1 is 1.25 bits per heavy atom. The van der Waals surface area contributed by atoms with Crippen molar-refractivity contribution in [3.8, 4) is 0 Å². The topological polar surface area (TPSA) is 40.5 Å². The average Bonchev–Trinajstić information content (AvgIpc) is 2.04. The maximum atomic E-state index is 11.4. The van der Waals surface area contributed by atoms with Gasteiger partial charge in [0.15, 0.2) is 0 Å². The Balaban J connectivity index is 2.12. The zero-order valence-corrected chi connectivity index (χ0v) is 7.20. The Morgan fingerprint density at radius 3 is 2.75 bits per heavy atom. The molecule has 0 aromatic heterocycles. The molecule has 2 rings (SSSR count). The van der Waals surface area contributed by atoms with E-state index < -0.39 is 6.23 Å². The smallest absolute Gasteiger partial charge is 0.224 e. The lowest BCUT2D eigenvalue weighted by molar-refractivity contribution is -0.154. The van der Waals surface area contributed by atoms with E-state index in [1.165, 1.54) is 0 Å². The highest BCUT2D eigenvalue weighted by molar-refractivity contribution is 5.77. The molecule has 0 saturated carbocycles. The molecule has 2 heterocycles. The van der Waals surface area contributed by atoms with Crippen LogP contribution in [0.3, 0.4) is 0 Å². The Bertz CT molecular complexity index is 191. The van der Waals surface area contributed by atoms with E-state index in [-0.39, 0.29) is 5.91 Å². The molecule has 1 amide bonds. The van der Waals surface area contributed by atoms with Crippen LogP contribution in [0.1, 0.15) is 38.5 Å². The minimum absolute atomic E-state index is 0.151. The predicted molar refractivity (Wildman–Crippen MR) is 44.3 cm³/mol. The van der Waals surface area contributed by atoms with Crippen molar-refractivity contribution in [2.24, 2.45) is 0 Å². The summed E-state index contributed by atoms with van der Waals surface area (Å²) in [6.45, 7) is 0. The Kier molecular flexibility index (Phi) is 2.05. The fraction of sp³-hybridized carbons (Fsp3) is 0.889. The van der Waals surface area contributed by atoms with Gasteiger partial charge < -0.3 is 10.0 Å². The van der Waals surface area contributed by atoms with Gasteiger partial charge in [-0.25, -0.2) is 0 Å². The van der Waals surface area contributed by atoms with Gasteiger partial charge in [-0.1, -0.05) is 0 Å². The van der Waals surface area contributed by atoms with Crippen LogP contribution in [0.2, 0.25) is 0 Å². The minimum Gasteiger partial charge on any atom is -0.374 e. The number of nitrogens with zero attached hydrogens (tertiary/aromatic N) is 1. The fourth-order valence-corrected chi connectivity index (χ4v) is 2.33.